The van der Waals surface area contributed by atoms with Crippen molar-refractivity contribution < 1.29 is 66.9 Å². The molecule has 6 heterocycles. The van der Waals surface area contributed by atoms with Crippen molar-refractivity contribution in [3.05, 3.63) is 70.9 Å². The fourth-order valence-electron chi connectivity index (χ4n) is 11.5. The van der Waals surface area contributed by atoms with E-state index in [1.807, 2.05) is 45.1 Å². The van der Waals surface area contributed by atoms with Crippen molar-refractivity contribution in [2.45, 2.75) is 224 Å². The lowest BCUT2D eigenvalue weighted by atomic mass is 9.71. The lowest BCUT2D eigenvalue weighted by Gasteiger charge is -2.49. The SMILES string of the molecule is CC[C@H](C)[C@H]1O[C@]2(C=C[C@@H]1C)C[C@@H]1C[C@@H](C/C=C(\C)[C@@H](O[C@H]3C[C@H](OC)[C@@H](O[C@H]4C[C@H](OC)/C(=C\C=N\O)[C@H](C)O4)[C@H](C)O3)[C@@H](C)/C=C/C=C3\CO[C@@H]4[C@H](O[Si](C)(C)C(C)(C)C)C(C)=C[C@@H](C(=O)O1)[C@]34O)O2. The summed E-state index contributed by atoms with van der Waals surface area (Å²) in [7, 11) is 0.925. The fraction of sp³-hybridized carbons (Fsp3) is 0.750. The molecule has 0 amide bonds. The lowest BCUT2D eigenvalue weighted by Crippen LogP contribution is -2.60. The highest BCUT2D eigenvalue weighted by Crippen LogP contribution is 2.50. The van der Waals surface area contributed by atoms with Crippen LogP contribution in [0.5, 0.6) is 0 Å². The molecule has 4 saturated heterocycles. The largest absolute Gasteiger partial charge is 0.462 e. The van der Waals surface area contributed by atoms with E-state index in [2.05, 4.69) is 91.9 Å². The van der Waals surface area contributed by atoms with E-state index in [0.717, 1.165) is 23.1 Å². The standard InChI is InChI=1S/C56H87NO14Si/c1-16-32(2)49-35(5)22-24-55(70-49)30-41-27-40(69-55)21-20-34(4)48(67-47-29-45(62-13)51(38(8)65-47)68-46-28-44(61-12)42(23-25-57-60)37(7)64-46)33(3)18-17-19-39-31-63-52-50(71-72(14,15)54(9,10)11)36(6)26-43(53(58)66-41)56(39,52)59/h17-20,22-26,32-33,35,37-38,40-41,43-52,59-60H,16,21,27-31H2,1-15H3/b18-17+,34-20+,39-19+,42-23-,57-25+/t32-,33-,35-,37-,38-,40+,41-,43-,44-,45-,46-,47-,48-,49+,50+,51-,52+,55+,56+/m0/s1. The van der Waals surface area contributed by atoms with Gasteiger partial charge in [0, 0.05) is 51.7 Å². The Labute approximate surface area is 430 Å². The Balaban J connectivity index is 1.21. The number of methoxy groups -OCH3 is 2. The van der Waals surface area contributed by atoms with Crippen LogP contribution in [-0.2, 0) is 56.6 Å². The first-order valence-electron chi connectivity index (χ1n) is 26.5. The molecule has 0 unspecified atom stereocenters. The van der Waals surface area contributed by atoms with Gasteiger partial charge in [0.15, 0.2) is 26.7 Å². The number of rotatable bonds is 11. The van der Waals surface area contributed by atoms with Crippen LogP contribution in [0.2, 0.25) is 18.1 Å². The van der Waals surface area contributed by atoms with Crippen LogP contribution in [0.3, 0.4) is 0 Å². The Bertz CT molecular complexity index is 2110. The van der Waals surface area contributed by atoms with E-state index in [9.17, 15) is 9.90 Å². The number of aliphatic hydroxyl groups is 1. The Morgan fingerprint density at radius 3 is 2.36 bits per heavy atom. The molecule has 19 atom stereocenters. The van der Waals surface area contributed by atoms with Gasteiger partial charge >= 0.3 is 5.97 Å². The van der Waals surface area contributed by atoms with E-state index in [0.29, 0.717) is 37.7 Å². The number of carbonyl (C=O) groups excluding carboxylic acids is 1. The molecule has 72 heavy (non-hydrogen) atoms. The molecule has 7 aliphatic rings. The topological polar surface area (TPSA) is 171 Å². The summed E-state index contributed by atoms with van der Waals surface area (Å²) in [6.07, 6.45) is 14.0. The van der Waals surface area contributed by atoms with Gasteiger partial charge in [-0.1, -0.05) is 96.5 Å². The molecule has 1 spiro atoms. The van der Waals surface area contributed by atoms with Gasteiger partial charge in [-0.15, -0.1) is 0 Å². The van der Waals surface area contributed by atoms with Crippen molar-refractivity contribution in [2.75, 3.05) is 20.8 Å². The monoisotopic (exact) mass is 1030 g/mol. The smallest absolute Gasteiger partial charge is 0.316 e. The molecule has 0 aromatic rings. The van der Waals surface area contributed by atoms with Crippen LogP contribution in [0.1, 0.15) is 115 Å². The Morgan fingerprint density at radius 1 is 0.944 bits per heavy atom. The molecule has 0 aromatic carbocycles. The summed E-state index contributed by atoms with van der Waals surface area (Å²) in [6, 6.07) is 0. The number of allylic oxidation sites excluding steroid dienone is 3. The number of esters is 1. The molecule has 6 aliphatic heterocycles. The molecule has 0 aromatic heterocycles. The van der Waals surface area contributed by atoms with E-state index >= 15 is 0 Å². The highest BCUT2D eigenvalue weighted by atomic mass is 28.4. The first kappa shape index (κ1) is 56.9. The number of fused-ring (bicyclic) bond motifs is 2. The van der Waals surface area contributed by atoms with Gasteiger partial charge in [0.25, 0.3) is 0 Å². The number of hydrogen-bond acceptors (Lipinski definition) is 15. The van der Waals surface area contributed by atoms with Crippen LogP contribution in [0, 0.1) is 23.7 Å². The molecule has 2 N–H and O–H groups in total. The molecule has 1 aliphatic carbocycles. The third kappa shape index (κ3) is 12.1. The van der Waals surface area contributed by atoms with E-state index < -0.39 is 80.8 Å². The van der Waals surface area contributed by atoms with Gasteiger partial charge in [0.05, 0.1) is 61.7 Å². The van der Waals surface area contributed by atoms with Crippen LogP contribution in [0.25, 0.3) is 0 Å². The van der Waals surface area contributed by atoms with Crippen molar-refractivity contribution >= 4 is 20.5 Å². The van der Waals surface area contributed by atoms with Crippen LogP contribution in [-0.4, -0.2) is 143 Å². The summed E-state index contributed by atoms with van der Waals surface area (Å²) >= 11 is 0. The number of oxime groups is 1. The summed E-state index contributed by atoms with van der Waals surface area (Å²) in [5, 5.41) is 25.3. The molecule has 15 nitrogen and oxygen atoms in total. The molecule has 7 rings (SSSR count). The minimum absolute atomic E-state index is 0.0927. The average Bonchev–Trinajstić information content (AvgIpc) is 3.66. The van der Waals surface area contributed by atoms with E-state index in [1.165, 1.54) is 6.21 Å². The van der Waals surface area contributed by atoms with Crippen molar-refractivity contribution in [1.29, 1.82) is 0 Å². The normalized spacial score (nSPS) is 44.1. The maximum Gasteiger partial charge on any atom is 0.316 e. The quantitative estimate of drug-likeness (QED) is 0.0501. The highest BCUT2D eigenvalue weighted by molar-refractivity contribution is 6.74. The van der Waals surface area contributed by atoms with Crippen LogP contribution >= 0.6 is 0 Å². The zero-order valence-electron chi connectivity index (χ0n) is 45.7. The summed E-state index contributed by atoms with van der Waals surface area (Å²) in [6.45, 7) is 27.6. The maximum absolute atomic E-state index is 14.9. The lowest BCUT2D eigenvalue weighted by molar-refractivity contribution is -0.305. The second-order valence-corrected chi connectivity index (χ2v) is 27.9. The van der Waals surface area contributed by atoms with Crippen LogP contribution < -0.4 is 0 Å². The molecule has 404 valence electrons. The molecular weight excluding hydrogens is 939 g/mol. The van der Waals surface area contributed by atoms with Crippen molar-refractivity contribution in [1.82, 2.24) is 0 Å². The van der Waals surface area contributed by atoms with Gasteiger partial charge in [0.2, 0.25) is 0 Å². The first-order valence-corrected chi connectivity index (χ1v) is 29.4. The zero-order chi connectivity index (χ0) is 52.5. The number of hydrogen-bond donors (Lipinski definition) is 2. The molecule has 16 heteroatoms. The Kier molecular flexibility index (Phi) is 18.3. The van der Waals surface area contributed by atoms with Crippen LogP contribution in [0.15, 0.2) is 76.1 Å². The Hall–Kier alpha value is -2.84. The third-order valence-electron chi connectivity index (χ3n) is 17.0. The highest BCUT2D eigenvalue weighted by Gasteiger charge is 2.62. The van der Waals surface area contributed by atoms with E-state index in [1.54, 1.807) is 20.3 Å². The van der Waals surface area contributed by atoms with E-state index in [-0.39, 0.29) is 59.9 Å². The second-order valence-electron chi connectivity index (χ2n) is 23.1. The van der Waals surface area contributed by atoms with Gasteiger partial charge in [-0.2, -0.15) is 0 Å². The fourth-order valence-corrected chi connectivity index (χ4v) is 12.8. The maximum atomic E-state index is 14.9. The van der Waals surface area contributed by atoms with Gasteiger partial charge in [-0.05, 0) is 92.6 Å². The minimum atomic E-state index is -2.38. The predicted molar refractivity (Wildman–Crippen MR) is 276 cm³/mol. The van der Waals surface area contributed by atoms with Gasteiger partial charge in [0.1, 0.15) is 29.8 Å². The molecule has 0 saturated carbocycles. The van der Waals surface area contributed by atoms with Gasteiger partial charge in [-0.3, -0.25) is 4.79 Å². The predicted octanol–water partition coefficient (Wildman–Crippen LogP) is 9.43. The number of carbonyl (C=O) groups is 1. The number of nitrogens with zero attached hydrogens (tertiary/aromatic N) is 1. The minimum Gasteiger partial charge on any atom is -0.462 e. The molecular formula is C56H87NO14Si. The molecule has 4 fully saturated rings. The van der Waals surface area contributed by atoms with Gasteiger partial charge in [-0.25, -0.2) is 0 Å². The summed E-state index contributed by atoms with van der Waals surface area (Å²) in [5.41, 5.74) is 1.49. The zero-order valence-corrected chi connectivity index (χ0v) is 46.7. The Morgan fingerprint density at radius 2 is 1.68 bits per heavy atom. The number of ether oxygens (including phenoxy) is 10. The summed E-state index contributed by atoms with van der Waals surface area (Å²) in [4.78, 5) is 14.9. The average molecular weight is 1030 g/mol. The van der Waals surface area contributed by atoms with Gasteiger partial charge < -0.3 is 62.1 Å². The van der Waals surface area contributed by atoms with Crippen LogP contribution in [0.4, 0.5) is 0 Å². The molecule has 0 radical (unpaired) electrons. The van der Waals surface area contributed by atoms with Crippen molar-refractivity contribution in [3.63, 3.8) is 0 Å². The third-order valence-corrected chi connectivity index (χ3v) is 21.4. The summed E-state index contributed by atoms with van der Waals surface area (Å²) < 4.78 is 72.7. The van der Waals surface area contributed by atoms with E-state index in [4.69, 9.17) is 57.0 Å². The van der Waals surface area contributed by atoms with Crippen molar-refractivity contribution in [2.24, 2.45) is 28.8 Å². The first-order chi connectivity index (χ1) is 34.0. The second kappa shape index (κ2) is 23.2. The summed E-state index contributed by atoms with van der Waals surface area (Å²) in [5.74, 6) is -2.43. The van der Waals surface area contributed by atoms with Crippen molar-refractivity contribution in [3.8, 4) is 0 Å². The molecule has 2 bridgehead atoms.